The third-order valence-corrected chi connectivity index (χ3v) is 4.28. The fraction of sp³-hybridized carbons (Fsp3) is 0.571. The van der Waals surface area contributed by atoms with Crippen molar-refractivity contribution in [1.29, 1.82) is 5.26 Å². The maximum absolute atomic E-state index is 12.4. The van der Waals surface area contributed by atoms with Crippen molar-refractivity contribution in [3.8, 4) is 6.07 Å². The number of anilines is 1. The molecule has 2 heterocycles. The fourth-order valence-electron chi connectivity index (χ4n) is 2.53. The standard InChI is InChI=1S/C14H19N3OS/c1-2-7-17-8-4-3-5-12(17)13(18)16-14-11(10-15)6-9-19-14/h6,9,12H,2-5,7-8H2,1H3,(H,16,18). The summed E-state index contributed by atoms with van der Waals surface area (Å²) in [5, 5.41) is 14.4. The van der Waals surface area contributed by atoms with E-state index in [0.717, 1.165) is 32.4 Å². The topological polar surface area (TPSA) is 56.1 Å². The minimum atomic E-state index is -0.0395. The normalized spacial score (nSPS) is 19.9. The molecular weight excluding hydrogens is 258 g/mol. The monoisotopic (exact) mass is 277 g/mol. The number of nitrogens with one attached hydrogen (secondary N) is 1. The summed E-state index contributed by atoms with van der Waals surface area (Å²) in [4.78, 5) is 14.6. The highest BCUT2D eigenvalue weighted by atomic mass is 32.1. The molecule has 0 aliphatic carbocycles. The van der Waals surface area contributed by atoms with Crippen LogP contribution in [0.15, 0.2) is 11.4 Å². The maximum Gasteiger partial charge on any atom is 0.242 e. The first-order chi connectivity index (χ1) is 9.26. The molecule has 1 aromatic heterocycles. The van der Waals surface area contributed by atoms with Crippen molar-refractivity contribution in [2.45, 2.75) is 38.6 Å². The van der Waals surface area contributed by atoms with Crippen LogP contribution in [0.5, 0.6) is 0 Å². The van der Waals surface area contributed by atoms with E-state index in [-0.39, 0.29) is 11.9 Å². The average molecular weight is 277 g/mol. The maximum atomic E-state index is 12.4. The molecule has 1 amide bonds. The van der Waals surface area contributed by atoms with Crippen LogP contribution in [0.2, 0.25) is 0 Å². The Hall–Kier alpha value is -1.38. The number of carbonyl (C=O) groups is 1. The van der Waals surface area contributed by atoms with Crippen molar-refractivity contribution in [1.82, 2.24) is 4.90 Å². The Morgan fingerprint density at radius 3 is 3.21 bits per heavy atom. The average Bonchev–Trinajstić information content (AvgIpc) is 2.87. The number of thiophene rings is 1. The van der Waals surface area contributed by atoms with Gasteiger partial charge in [0.1, 0.15) is 11.1 Å². The van der Waals surface area contributed by atoms with Crippen LogP contribution in [0, 0.1) is 11.3 Å². The minimum absolute atomic E-state index is 0.0344. The SMILES string of the molecule is CCCN1CCCCC1C(=O)Nc1sccc1C#N. The number of carbonyl (C=O) groups excluding carboxylic acids is 1. The highest BCUT2D eigenvalue weighted by molar-refractivity contribution is 7.14. The summed E-state index contributed by atoms with van der Waals surface area (Å²) < 4.78 is 0. The molecule has 1 aliphatic heterocycles. The summed E-state index contributed by atoms with van der Waals surface area (Å²) in [6.07, 6.45) is 4.26. The number of nitriles is 1. The highest BCUT2D eigenvalue weighted by Crippen LogP contribution is 2.24. The van der Waals surface area contributed by atoms with E-state index in [1.165, 1.54) is 17.8 Å². The molecule has 0 spiro atoms. The smallest absolute Gasteiger partial charge is 0.242 e. The second kappa shape index (κ2) is 6.69. The molecule has 2 rings (SSSR count). The lowest BCUT2D eigenvalue weighted by Gasteiger charge is -2.34. The molecular formula is C14H19N3OS. The molecule has 5 heteroatoms. The van der Waals surface area contributed by atoms with Crippen molar-refractivity contribution >= 4 is 22.2 Å². The third kappa shape index (κ3) is 3.34. The van der Waals surface area contributed by atoms with Crippen molar-refractivity contribution in [3.63, 3.8) is 0 Å². The number of rotatable bonds is 4. The van der Waals surface area contributed by atoms with E-state index in [0.29, 0.717) is 10.6 Å². The zero-order chi connectivity index (χ0) is 13.7. The van der Waals surface area contributed by atoms with Crippen molar-refractivity contribution in [3.05, 3.63) is 17.0 Å². The van der Waals surface area contributed by atoms with E-state index in [2.05, 4.69) is 23.2 Å². The van der Waals surface area contributed by atoms with Crippen LogP contribution in [0.25, 0.3) is 0 Å². The van der Waals surface area contributed by atoms with Gasteiger partial charge in [-0.25, -0.2) is 0 Å². The summed E-state index contributed by atoms with van der Waals surface area (Å²) in [6.45, 7) is 4.10. The Morgan fingerprint density at radius 1 is 1.63 bits per heavy atom. The Bertz CT molecular complexity index is 475. The first kappa shape index (κ1) is 14.0. The van der Waals surface area contributed by atoms with E-state index in [9.17, 15) is 4.79 Å². The van der Waals surface area contributed by atoms with E-state index in [1.54, 1.807) is 6.07 Å². The van der Waals surface area contributed by atoms with Crippen LogP contribution in [-0.2, 0) is 4.79 Å². The van der Waals surface area contributed by atoms with Crippen molar-refractivity contribution in [2.75, 3.05) is 18.4 Å². The Balaban J connectivity index is 2.04. The second-order valence-corrected chi connectivity index (χ2v) is 5.73. The van der Waals surface area contributed by atoms with Crippen LogP contribution in [-0.4, -0.2) is 29.9 Å². The lowest BCUT2D eigenvalue weighted by Crippen LogP contribution is -2.47. The molecule has 1 aliphatic rings. The number of piperidine rings is 1. The predicted octanol–water partition coefficient (Wildman–Crippen LogP) is 2.82. The molecule has 1 aromatic rings. The van der Waals surface area contributed by atoms with Gasteiger partial charge in [0.15, 0.2) is 0 Å². The molecule has 102 valence electrons. The quantitative estimate of drug-likeness (QED) is 0.920. The molecule has 0 radical (unpaired) electrons. The number of amides is 1. The van der Waals surface area contributed by atoms with Gasteiger partial charge >= 0.3 is 0 Å². The van der Waals surface area contributed by atoms with Gasteiger partial charge in [0.2, 0.25) is 5.91 Å². The fourth-order valence-corrected chi connectivity index (χ4v) is 3.27. The number of hydrogen-bond acceptors (Lipinski definition) is 4. The molecule has 1 atom stereocenters. The van der Waals surface area contributed by atoms with Crippen LogP contribution >= 0.6 is 11.3 Å². The molecule has 19 heavy (non-hydrogen) atoms. The van der Waals surface area contributed by atoms with Crippen LogP contribution in [0.3, 0.4) is 0 Å². The number of nitrogens with zero attached hydrogens (tertiary/aromatic N) is 2. The van der Waals surface area contributed by atoms with Gasteiger partial charge in [-0.3, -0.25) is 9.69 Å². The van der Waals surface area contributed by atoms with Crippen LogP contribution < -0.4 is 5.32 Å². The zero-order valence-corrected chi connectivity index (χ0v) is 12.0. The van der Waals surface area contributed by atoms with Gasteiger partial charge in [0.25, 0.3) is 0 Å². The molecule has 0 bridgehead atoms. The lowest BCUT2D eigenvalue weighted by molar-refractivity contribution is -0.122. The summed E-state index contributed by atoms with van der Waals surface area (Å²) >= 11 is 1.41. The van der Waals surface area contributed by atoms with E-state index in [4.69, 9.17) is 5.26 Å². The molecule has 0 aromatic carbocycles. The number of likely N-dealkylation sites (tertiary alicyclic amines) is 1. The summed E-state index contributed by atoms with van der Waals surface area (Å²) in [5.41, 5.74) is 0.552. The number of hydrogen-bond donors (Lipinski definition) is 1. The molecule has 4 nitrogen and oxygen atoms in total. The largest absolute Gasteiger partial charge is 0.315 e. The van der Waals surface area contributed by atoms with Crippen LogP contribution in [0.1, 0.15) is 38.2 Å². The Morgan fingerprint density at radius 2 is 2.47 bits per heavy atom. The third-order valence-electron chi connectivity index (χ3n) is 3.45. The second-order valence-electron chi connectivity index (χ2n) is 4.81. The van der Waals surface area contributed by atoms with Gasteiger partial charge < -0.3 is 5.32 Å². The van der Waals surface area contributed by atoms with Gasteiger partial charge in [-0.05, 0) is 43.8 Å². The predicted molar refractivity (Wildman–Crippen MR) is 77.2 cm³/mol. The molecule has 1 unspecified atom stereocenters. The Kier molecular flexibility index (Phi) is 4.94. The lowest BCUT2D eigenvalue weighted by atomic mass is 10.0. The molecule has 1 fully saturated rings. The minimum Gasteiger partial charge on any atom is -0.315 e. The van der Waals surface area contributed by atoms with E-state index < -0.39 is 0 Å². The van der Waals surface area contributed by atoms with Gasteiger partial charge in [0, 0.05) is 0 Å². The van der Waals surface area contributed by atoms with E-state index in [1.807, 2.05) is 5.38 Å². The summed E-state index contributed by atoms with van der Waals surface area (Å²) in [7, 11) is 0. The molecule has 1 N–H and O–H groups in total. The Labute approximate surface area is 118 Å². The van der Waals surface area contributed by atoms with Gasteiger partial charge in [-0.1, -0.05) is 13.3 Å². The van der Waals surface area contributed by atoms with Gasteiger partial charge in [-0.2, -0.15) is 5.26 Å². The van der Waals surface area contributed by atoms with Crippen molar-refractivity contribution < 1.29 is 4.79 Å². The highest BCUT2D eigenvalue weighted by Gasteiger charge is 2.28. The summed E-state index contributed by atoms with van der Waals surface area (Å²) in [5.74, 6) is 0.0344. The van der Waals surface area contributed by atoms with Crippen molar-refractivity contribution in [2.24, 2.45) is 0 Å². The zero-order valence-electron chi connectivity index (χ0n) is 11.2. The first-order valence-electron chi connectivity index (χ1n) is 6.78. The molecule has 0 saturated carbocycles. The summed E-state index contributed by atoms with van der Waals surface area (Å²) in [6, 6.07) is 3.80. The van der Waals surface area contributed by atoms with Crippen LogP contribution in [0.4, 0.5) is 5.00 Å². The van der Waals surface area contributed by atoms with Gasteiger partial charge in [0.05, 0.1) is 11.6 Å². The van der Waals surface area contributed by atoms with Gasteiger partial charge in [-0.15, -0.1) is 11.3 Å². The van der Waals surface area contributed by atoms with E-state index >= 15 is 0 Å². The molecule has 1 saturated heterocycles. The first-order valence-corrected chi connectivity index (χ1v) is 7.66.